The molecule has 2 heterocycles. The number of aryl methyl sites for hydroxylation is 3. The minimum absolute atomic E-state index is 0.396. The van der Waals surface area contributed by atoms with E-state index in [1.54, 1.807) is 6.20 Å². The number of fused-ring (bicyclic) bond motifs is 1. The molecule has 0 saturated heterocycles. The number of hydrogen-bond donors (Lipinski definition) is 1. The van der Waals surface area contributed by atoms with Crippen LogP contribution in [0.5, 0.6) is 0 Å². The molecule has 3 rings (SSSR count). The van der Waals surface area contributed by atoms with Crippen LogP contribution >= 0.6 is 12.2 Å². The van der Waals surface area contributed by atoms with Crippen LogP contribution in [0.4, 0.5) is 0 Å². The van der Waals surface area contributed by atoms with Crippen molar-refractivity contribution in [2.24, 2.45) is 5.73 Å². The number of aromatic nitrogens is 3. The van der Waals surface area contributed by atoms with Gasteiger partial charge in [-0.2, -0.15) is 0 Å². The summed E-state index contributed by atoms with van der Waals surface area (Å²) < 4.78 is 1.99. The Morgan fingerprint density at radius 1 is 1.47 bits per heavy atom. The van der Waals surface area contributed by atoms with Crippen LogP contribution < -0.4 is 5.73 Å². The number of imidazole rings is 1. The molecular formula is C14H16N4S. The normalized spacial score (nSPS) is 13.5. The summed E-state index contributed by atoms with van der Waals surface area (Å²) in [4.78, 5) is 9.52. The summed E-state index contributed by atoms with van der Waals surface area (Å²) in [7, 11) is 0. The fraction of sp³-hybridized carbons (Fsp3) is 0.357. The Balaban J connectivity index is 2.22. The van der Waals surface area contributed by atoms with Crippen LogP contribution in [0.2, 0.25) is 0 Å². The van der Waals surface area contributed by atoms with Gasteiger partial charge in [-0.3, -0.25) is 4.57 Å². The Morgan fingerprint density at radius 3 is 3.05 bits per heavy atom. The number of pyridine rings is 1. The number of nitrogens with zero attached hydrogens (tertiary/aromatic N) is 3. The SMILES string of the molecule is CCc1nccn1-c1nc2c(cc1C(N)=S)CCC2. The first kappa shape index (κ1) is 12.3. The van der Waals surface area contributed by atoms with Gasteiger partial charge >= 0.3 is 0 Å². The average molecular weight is 272 g/mol. The van der Waals surface area contributed by atoms with E-state index in [0.717, 1.165) is 42.9 Å². The van der Waals surface area contributed by atoms with E-state index in [-0.39, 0.29) is 0 Å². The van der Waals surface area contributed by atoms with Crippen molar-refractivity contribution in [1.82, 2.24) is 14.5 Å². The van der Waals surface area contributed by atoms with Gasteiger partial charge in [-0.1, -0.05) is 19.1 Å². The topological polar surface area (TPSA) is 56.7 Å². The van der Waals surface area contributed by atoms with Crippen LogP contribution in [0.15, 0.2) is 18.5 Å². The van der Waals surface area contributed by atoms with Crippen molar-refractivity contribution in [3.63, 3.8) is 0 Å². The summed E-state index contributed by atoms with van der Waals surface area (Å²) in [5, 5.41) is 0. The maximum atomic E-state index is 5.86. The average Bonchev–Trinajstić information content (AvgIpc) is 3.04. The Bertz CT molecular complexity index is 645. The lowest BCUT2D eigenvalue weighted by Crippen LogP contribution is -2.17. The molecule has 0 atom stereocenters. The van der Waals surface area contributed by atoms with Crippen molar-refractivity contribution in [3.8, 4) is 5.82 Å². The predicted molar refractivity (Wildman–Crippen MR) is 78.6 cm³/mol. The molecule has 19 heavy (non-hydrogen) atoms. The molecule has 0 fully saturated rings. The molecule has 1 aliphatic carbocycles. The second kappa shape index (κ2) is 4.74. The van der Waals surface area contributed by atoms with Crippen LogP contribution in [-0.2, 0) is 19.3 Å². The molecule has 0 spiro atoms. The molecule has 0 unspecified atom stereocenters. The van der Waals surface area contributed by atoms with Crippen molar-refractivity contribution >= 4 is 17.2 Å². The van der Waals surface area contributed by atoms with E-state index in [2.05, 4.69) is 18.0 Å². The van der Waals surface area contributed by atoms with Gasteiger partial charge < -0.3 is 5.73 Å². The van der Waals surface area contributed by atoms with Crippen LogP contribution in [0, 0.1) is 0 Å². The van der Waals surface area contributed by atoms with Gasteiger partial charge in [0.1, 0.15) is 16.6 Å². The van der Waals surface area contributed by atoms with Crippen molar-refractivity contribution in [2.75, 3.05) is 0 Å². The first-order valence-corrected chi connectivity index (χ1v) is 6.96. The molecule has 0 radical (unpaired) electrons. The molecule has 0 amide bonds. The van der Waals surface area contributed by atoms with Crippen LogP contribution in [0.3, 0.4) is 0 Å². The largest absolute Gasteiger partial charge is 0.389 e. The minimum Gasteiger partial charge on any atom is -0.389 e. The maximum absolute atomic E-state index is 5.86. The van der Waals surface area contributed by atoms with Gasteiger partial charge in [0.15, 0.2) is 0 Å². The fourth-order valence-corrected chi connectivity index (χ4v) is 2.77. The summed E-state index contributed by atoms with van der Waals surface area (Å²) in [6, 6.07) is 2.10. The van der Waals surface area contributed by atoms with Crippen LogP contribution in [0.25, 0.3) is 5.82 Å². The van der Waals surface area contributed by atoms with Gasteiger partial charge in [0.05, 0.1) is 5.56 Å². The van der Waals surface area contributed by atoms with Gasteiger partial charge in [-0.15, -0.1) is 0 Å². The third-order valence-electron chi connectivity index (χ3n) is 3.56. The number of hydrogen-bond acceptors (Lipinski definition) is 3. The van der Waals surface area contributed by atoms with Crippen LogP contribution in [-0.4, -0.2) is 19.5 Å². The first-order valence-electron chi connectivity index (χ1n) is 6.56. The highest BCUT2D eigenvalue weighted by Crippen LogP contribution is 2.25. The summed E-state index contributed by atoms with van der Waals surface area (Å²) in [5.74, 6) is 1.80. The monoisotopic (exact) mass is 272 g/mol. The van der Waals surface area contributed by atoms with Crippen molar-refractivity contribution in [3.05, 3.63) is 41.1 Å². The van der Waals surface area contributed by atoms with E-state index in [9.17, 15) is 0 Å². The van der Waals surface area contributed by atoms with E-state index in [0.29, 0.717) is 4.99 Å². The minimum atomic E-state index is 0.396. The molecule has 0 aromatic carbocycles. The maximum Gasteiger partial charge on any atom is 0.148 e. The third-order valence-corrected chi connectivity index (χ3v) is 3.78. The molecule has 1 aliphatic rings. The molecule has 0 bridgehead atoms. The van der Waals surface area contributed by atoms with Crippen LogP contribution in [0.1, 0.15) is 36.0 Å². The highest BCUT2D eigenvalue weighted by atomic mass is 32.1. The third kappa shape index (κ3) is 2.04. The molecular weight excluding hydrogens is 256 g/mol. The predicted octanol–water partition coefficient (Wildman–Crippen LogP) is 1.95. The molecule has 0 aliphatic heterocycles. The second-order valence-electron chi connectivity index (χ2n) is 4.75. The van der Waals surface area contributed by atoms with E-state index >= 15 is 0 Å². The molecule has 2 aromatic rings. The Labute approximate surface area is 117 Å². The van der Waals surface area contributed by atoms with Gasteiger partial charge in [0.2, 0.25) is 0 Å². The molecule has 2 N–H and O–H groups in total. The lowest BCUT2D eigenvalue weighted by molar-refractivity contribution is 0.850. The van der Waals surface area contributed by atoms with Crippen molar-refractivity contribution < 1.29 is 0 Å². The van der Waals surface area contributed by atoms with Gasteiger partial charge in [-0.25, -0.2) is 9.97 Å². The molecule has 5 heteroatoms. The van der Waals surface area contributed by atoms with Crippen molar-refractivity contribution in [2.45, 2.75) is 32.6 Å². The van der Waals surface area contributed by atoms with Gasteiger partial charge in [0.25, 0.3) is 0 Å². The number of nitrogens with two attached hydrogens (primary N) is 1. The highest BCUT2D eigenvalue weighted by Gasteiger charge is 2.19. The Morgan fingerprint density at radius 2 is 2.32 bits per heavy atom. The zero-order valence-corrected chi connectivity index (χ0v) is 11.7. The summed E-state index contributed by atoms with van der Waals surface area (Å²) >= 11 is 5.18. The van der Waals surface area contributed by atoms with E-state index < -0.39 is 0 Å². The Hall–Kier alpha value is -1.75. The standard InChI is InChI=1S/C14H16N4S/c1-2-12-16-6-7-18(12)14-10(13(15)19)8-9-4-3-5-11(9)17-14/h6-8H,2-5H2,1H3,(H2,15,19). The fourth-order valence-electron chi connectivity index (χ4n) is 2.61. The zero-order valence-electron chi connectivity index (χ0n) is 10.9. The molecule has 2 aromatic heterocycles. The lowest BCUT2D eigenvalue weighted by Gasteiger charge is -2.13. The van der Waals surface area contributed by atoms with E-state index in [4.69, 9.17) is 22.9 Å². The zero-order chi connectivity index (χ0) is 13.4. The smallest absolute Gasteiger partial charge is 0.148 e. The Kier molecular flexibility index (Phi) is 3.06. The second-order valence-corrected chi connectivity index (χ2v) is 5.19. The molecule has 98 valence electrons. The van der Waals surface area contributed by atoms with Gasteiger partial charge in [-0.05, 0) is 30.9 Å². The summed E-state index contributed by atoms with van der Waals surface area (Å²) in [5.41, 5.74) is 9.17. The molecule has 0 saturated carbocycles. The highest BCUT2D eigenvalue weighted by molar-refractivity contribution is 7.80. The number of thiocarbonyl (C=S) groups is 1. The molecule has 4 nitrogen and oxygen atoms in total. The lowest BCUT2D eigenvalue weighted by atomic mass is 10.1. The van der Waals surface area contributed by atoms with Gasteiger partial charge in [0, 0.05) is 24.5 Å². The summed E-state index contributed by atoms with van der Waals surface area (Å²) in [6.07, 6.45) is 7.83. The van der Waals surface area contributed by atoms with E-state index in [1.807, 2.05) is 10.8 Å². The first-order chi connectivity index (χ1) is 9.20. The van der Waals surface area contributed by atoms with Crippen molar-refractivity contribution in [1.29, 1.82) is 0 Å². The summed E-state index contributed by atoms with van der Waals surface area (Å²) in [6.45, 7) is 2.08. The van der Waals surface area contributed by atoms with E-state index in [1.165, 1.54) is 11.3 Å². The quantitative estimate of drug-likeness (QED) is 0.868. The number of rotatable bonds is 3.